The summed E-state index contributed by atoms with van der Waals surface area (Å²) < 4.78 is 32.6. The summed E-state index contributed by atoms with van der Waals surface area (Å²) in [4.78, 5) is 13.1. The standard InChI is InChI=1S/C25H21Cl2N3O4S/c1-16-13-25(29-34-16)30-35(32,33)20-10-8-19(9-11-20)28-23(17-5-3-2-4-6-17)15-24(31)18-7-12-21(26)22(27)14-18/h2-14,23,28H,15H2,1H3,(H,29,30). The monoisotopic (exact) mass is 529 g/mol. The maximum Gasteiger partial charge on any atom is 0.263 e. The molecular formula is C25H21Cl2N3O4S. The number of nitrogens with one attached hydrogen (secondary N) is 2. The van der Waals surface area contributed by atoms with Crippen LogP contribution in [0.15, 0.2) is 88.3 Å². The number of halogens is 2. The van der Waals surface area contributed by atoms with Crippen molar-refractivity contribution in [1.29, 1.82) is 0 Å². The van der Waals surface area contributed by atoms with Gasteiger partial charge in [0, 0.05) is 23.7 Å². The van der Waals surface area contributed by atoms with Gasteiger partial charge in [0.2, 0.25) is 0 Å². The Kier molecular flexibility index (Phi) is 7.45. The molecule has 0 fully saturated rings. The Morgan fingerprint density at radius 3 is 2.31 bits per heavy atom. The Bertz CT molecular complexity index is 1440. The number of ketones is 1. The van der Waals surface area contributed by atoms with Gasteiger partial charge in [0.25, 0.3) is 10.0 Å². The molecule has 0 saturated heterocycles. The third-order valence-corrected chi connectivity index (χ3v) is 7.32. The minimum Gasteiger partial charge on any atom is -0.378 e. The third kappa shape index (κ3) is 6.22. The Balaban J connectivity index is 1.53. The zero-order valence-electron chi connectivity index (χ0n) is 18.5. The fourth-order valence-electron chi connectivity index (χ4n) is 3.45. The molecule has 4 rings (SSSR count). The van der Waals surface area contributed by atoms with Crippen LogP contribution in [0.3, 0.4) is 0 Å². The number of hydrogen-bond acceptors (Lipinski definition) is 6. The van der Waals surface area contributed by atoms with Gasteiger partial charge in [-0.2, -0.15) is 0 Å². The lowest BCUT2D eigenvalue weighted by atomic mass is 9.97. The van der Waals surface area contributed by atoms with Crippen molar-refractivity contribution in [3.63, 3.8) is 0 Å². The van der Waals surface area contributed by atoms with Gasteiger partial charge in [-0.25, -0.2) is 8.42 Å². The van der Waals surface area contributed by atoms with E-state index in [0.29, 0.717) is 27.1 Å². The van der Waals surface area contributed by atoms with E-state index in [0.717, 1.165) is 5.56 Å². The van der Waals surface area contributed by atoms with Crippen molar-refractivity contribution >= 4 is 50.5 Å². The number of rotatable bonds is 9. The van der Waals surface area contributed by atoms with Crippen molar-refractivity contribution < 1.29 is 17.7 Å². The van der Waals surface area contributed by atoms with E-state index in [2.05, 4.69) is 15.2 Å². The summed E-state index contributed by atoms with van der Waals surface area (Å²) in [6.07, 6.45) is 0.148. The quantitative estimate of drug-likeness (QED) is 0.239. The molecule has 7 nitrogen and oxygen atoms in total. The predicted molar refractivity (Wildman–Crippen MR) is 137 cm³/mol. The highest BCUT2D eigenvalue weighted by Crippen LogP contribution is 2.28. The normalized spacial score (nSPS) is 12.2. The van der Waals surface area contributed by atoms with Gasteiger partial charge < -0.3 is 9.84 Å². The molecule has 0 aliphatic carbocycles. The van der Waals surface area contributed by atoms with E-state index in [1.807, 2.05) is 30.3 Å². The van der Waals surface area contributed by atoms with Gasteiger partial charge in [-0.3, -0.25) is 9.52 Å². The molecule has 1 atom stereocenters. The molecule has 180 valence electrons. The van der Waals surface area contributed by atoms with Crippen LogP contribution in [0.2, 0.25) is 10.0 Å². The van der Waals surface area contributed by atoms with Crippen molar-refractivity contribution in [1.82, 2.24) is 5.16 Å². The van der Waals surface area contributed by atoms with Gasteiger partial charge in [-0.05, 0) is 55.0 Å². The van der Waals surface area contributed by atoms with Crippen LogP contribution in [0.1, 0.15) is 34.1 Å². The van der Waals surface area contributed by atoms with Gasteiger partial charge in [-0.15, -0.1) is 0 Å². The lowest BCUT2D eigenvalue weighted by molar-refractivity contribution is 0.0976. The molecular weight excluding hydrogens is 509 g/mol. The molecule has 0 bridgehead atoms. The Morgan fingerprint density at radius 1 is 0.971 bits per heavy atom. The fraction of sp³-hybridized carbons (Fsp3) is 0.120. The molecule has 0 amide bonds. The maximum atomic E-state index is 13.0. The minimum atomic E-state index is -3.84. The summed E-state index contributed by atoms with van der Waals surface area (Å²) in [6.45, 7) is 1.67. The first-order valence-corrected chi connectivity index (χ1v) is 12.8. The largest absolute Gasteiger partial charge is 0.378 e. The van der Waals surface area contributed by atoms with E-state index in [4.69, 9.17) is 27.7 Å². The van der Waals surface area contributed by atoms with Crippen LogP contribution in [-0.2, 0) is 10.0 Å². The number of hydrogen-bond donors (Lipinski definition) is 2. The maximum absolute atomic E-state index is 13.0. The first-order valence-electron chi connectivity index (χ1n) is 10.6. The molecule has 0 aliphatic rings. The van der Waals surface area contributed by atoms with Gasteiger partial charge in [0.15, 0.2) is 11.6 Å². The second-order valence-corrected chi connectivity index (χ2v) is 10.3. The SMILES string of the molecule is Cc1cc(NS(=O)(=O)c2ccc(NC(CC(=O)c3ccc(Cl)c(Cl)c3)c3ccccc3)cc2)no1. The van der Waals surface area contributed by atoms with Crippen molar-refractivity contribution in [2.45, 2.75) is 24.3 Å². The number of sulfonamides is 1. The summed E-state index contributed by atoms with van der Waals surface area (Å²) in [7, 11) is -3.84. The number of Topliss-reactive ketones (excluding diaryl/α,β-unsaturated/α-hetero) is 1. The van der Waals surface area contributed by atoms with E-state index in [1.165, 1.54) is 18.2 Å². The highest BCUT2D eigenvalue weighted by atomic mass is 35.5. The first kappa shape index (κ1) is 24.8. The molecule has 0 spiro atoms. The van der Waals surface area contributed by atoms with Crippen LogP contribution in [0.5, 0.6) is 0 Å². The lowest BCUT2D eigenvalue weighted by Gasteiger charge is -2.20. The smallest absolute Gasteiger partial charge is 0.263 e. The van der Waals surface area contributed by atoms with Crippen molar-refractivity contribution in [2.75, 3.05) is 10.0 Å². The summed E-state index contributed by atoms with van der Waals surface area (Å²) in [5.74, 6) is 0.482. The van der Waals surface area contributed by atoms with E-state index in [1.54, 1.807) is 37.3 Å². The summed E-state index contributed by atoms with van der Waals surface area (Å²) >= 11 is 12.1. The molecule has 3 aromatic carbocycles. The number of carbonyl (C=O) groups is 1. The zero-order valence-corrected chi connectivity index (χ0v) is 20.9. The Morgan fingerprint density at radius 2 is 1.69 bits per heavy atom. The van der Waals surface area contributed by atoms with E-state index in [9.17, 15) is 13.2 Å². The van der Waals surface area contributed by atoms with E-state index < -0.39 is 10.0 Å². The van der Waals surface area contributed by atoms with Crippen LogP contribution in [0.4, 0.5) is 11.5 Å². The molecule has 1 unspecified atom stereocenters. The van der Waals surface area contributed by atoms with Crippen LogP contribution in [0.25, 0.3) is 0 Å². The van der Waals surface area contributed by atoms with E-state index >= 15 is 0 Å². The molecule has 10 heteroatoms. The number of carbonyl (C=O) groups excluding carboxylic acids is 1. The summed E-state index contributed by atoms with van der Waals surface area (Å²) in [5, 5.41) is 7.68. The molecule has 1 aromatic heterocycles. The average molecular weight is 530 g/mol. The van der Waals surface area contributed by atoms with Crippen LogP contribution >= 0.6 is 23.2 Å². The lowest BCUT2D eigenvalue weighted by Crippen LogP contribution is -2.16. The molecule has 4 aromatic rings. The highest BCUT2D eigenvalue weighted by molar-refractivity contribution is 7.92. The predicted octanol–water partition coefficient (Wildman–Crippen LogP) is 6.52. The van der Waals surface area contributed by atoms with Gasteiger partial charge >= 0.3 is 0 Å². The van der Waals surface area contributed by atoms with Crippen molar-refractivity contribution in [3.8, 4) is 0 Å². The van der Waals surface area contributed by atoms with Crippen LogP contribution < -0.4 is 10.0 Å². The second-order valence-electron chi connectivity index (χ2n) is 7.82. The van der Waals surface area contributed by atoms with Gasteiger partial charge in [-0.1, -0.05) is 58.7 Å². The summed E-state index contributed by atoms with van der Waals surface area (Å²) in [6, 6.07) is 21.6. The minimum absolute atomic E-state index is 0.0619. The van der Waals surface area contributed by atoms with Gasteiger partial charge in [0.05, 0.1) is 21.0 Å². The van der Waals surface area contributed by atoms with Crippen LogP contribution in [0, 0.1) is 6.92 Å². The molecule has 1 heterocycles. The summed E-state index contributed by atoms with van der Waals surface area (Å²) in [5.41, 5.74) is 2.01. The number of nitrogens with zero attached hydrogens (tertiary/aromatic N) is 1. The Labute approximate surface area is 213 Å². The third-order valence-electron chi connectivity index (χ3n) is 5.21. The topological polar surface area (TPSA) is 101 Å². The molecule has 0 radical (unpaired) electrons. The second kappa shape index (κ2) is 10.5. The fourth-order valence-corrected chi connectivity index (χ4v) is 4.73. The van der Waals surface area contributed by atoms with Crippen LogP contribution in [-0.4, -0.2) is 19.4 Å². The number of aryl methyl sites for hydroxylation is 1. The molecule has 35 heavy (non-hydrogen) atoms. The average Bonchev–Trinajstić information content (AvgIpc) is 3.25. The first-order chi connectivity index (χ1) is 16.7. The molecule has 0 saturated carbocycles. The van der Waals surface area contributed by atoms with Crippen molar-refractivity contribution in [3.05, 3.63) is 106 Å². The van der Waals surface area contributed by atoms with Gasteiger partial charge in [0.1, 0.15) is 5.76 Å². The number of aromatic nitrogens is 1. The zero-order chi connectivity index (χ0) is 25.0. The van der Waals surface area contributed by atoms with E-state index in [-0.39, 0.29) is 29.0 Å². The molecule has 0 aliphatic heterocycles. The molecule has 2 N–H and O–H groups in total. The number of anilines is 2. The van der Waals surface area contributed by atoms with Crippen molar-refractivity contribution in [2.24, 2.45) is 0 Å². The number of benzene rings is 3. The Hall–Kier alpha value is -3.33. The highest BCUT2D eigenvalue weighted by Gasteiger charge is 2.20.